The Balaban J connectivity index is 1.87. The van der Waals surface area contributed by atoms with E-state index in [-0.39, 0.29) is 11.2 Å². The number of aromatic amines is 1. The fourth-order valence-electron chi connectivity index (χ4n) is 3.34. The van der Waals surface area contributed by atoms with Crippen molar-refractivity contribution in [3.05, 3.63) is 50.8 Å². The molecule has 0 spiro atoms. The van der Waals surface area contributed by atoms with Crippen LogP contribution < -0.4 is 0 Å². The first-order chi connectivity index (χ1) is 13.8. The number of rotatable bonds is 3. The van der Waals surface area contributed by atoms with E-state index in [0.717, 1.165) is 22.7 Å². The molecule has 0 unspecified atom stereocenters. The molecule has 0 bridgehead atoms. The molecule has 7 nitrogen and oxygen atoms in total. The Morgan fingerprint density at radius 1 is 1.28 bits per heavy atom. The highest BCUT2D eigenvalue weighted by Crippen LogP contribution is 2.36. The number of methoxy groups -OCH3 is 1. The lowest BCUT2D eigenvalue weighted by atomic mass is 10.1. The Bertz CT molecular complexity index is 1170. The molecule has 0 amide bonds. The lowest BCUT2D eigenvalue weighted by molar-refractivity contribution is 0.0599. The zero-order valence-corrected chi connectivity index (χ0v) is 18.4. The molecule has 0 fully saturated rings. The fourth-order valence-corrected chi connectivity index (χ4v) is 4.62. The van der Waals surface area contributed by atoms with Crippen molar-refractivity contribution in [2.45, 2.75) is 31.2 Å². The minimum absolute atomic E-state index is 0.00312. The van der Waals surface area contributed by atoms with Gasteiger partial charge in [0.15, 0.2) is 5.82 Å². The fraction of sp³-hybridized carbons (Fsp3) is 0.263. The number of nitrogens with zero attached hydrogens (tertiary/aromatic N) is 4. The molecule has 0 saturated heterocycles. The molecule has 0 radical (unpaired) electrons. The number of thioether (sulfide) groups is 1. The summed E-state index contributed by atoms with van der Waals surface area (Å²) in [6, 6.07) is 5.16. The van der Waals surface area contributed by atoms with Crippen molar-refractivity contribution in [1.82, 2.24) is 19.9 Å². The van der Waals surface area contributed by atoms with E-state index in [0.29, 0.717) is 32.2 Å². The molecule has 2 aromatic heterocycles. The highest BCUT2D eigenvalue weighted by Gasteiger charge is 2.30. The molecule has 1 aromatic carbocycles. The van der Waals surface area contributed by atoms with E-state index in [4.69, 9.17) is 33.0 Å². The Kier molecular flexibility index (Phi) is 5.18. The molecule has 0 saturated carbocycles. The maximum atomic E-state index is 12.2. The smallest absolute Gasteiger partial charge is 0.339 e. The SMILES string of the molecule is COC(=O)c1c(C)[nH]c(C2=Nn3c(nnc3-c3cc(Cl)ccc3Cl)S[C@@H]2C)c1C. The zero-order valence-electron chi connectivity index (χ0n) is 16.1. The quantitative estimate of drug-likeness (QED) is 0.584. The monoisotopic (exact) mass is 449 g/mol. The van der Waals surface area contributed by atoms with Gasteiger partial charge in [0, 0.05) is 16.3 Å². The van der Waals surface area contributed by atoms with Gasteiger partial charge < -0.3 is 9.72 Å². The zero-order chi connectivity index (χ0) is 20.9. The summed E-state index contributed by atoms with van der Waals surface area (Å²) in [5, 5.41) is 15.0. The molecule has 1 aliphatic rings. The molecule has 1 atom stereocenters. The van der Waals surface area contributed by atoms with Gasteiger partial charge in [-0.05, 0) is 44.5 Å². The van der Waals surface area contributed by atoms with Gasteiger partial charge >= 0.3 is 5.97 Å². The number of hydrogen-bond donors (Lipinski definition) is 1. The summed E-state index contributed by atoms with van der Waals surface area (Å²) in [7, 11) is 1.37. The van der Waals surface area contributed by atoms with Crippen molar-refractivity contribution >= 4 is 46.6 Å². The maximum absolute atomic E-state index is 12.2. The number of H-pyrrole nitrogens is 1. The maximum Gasteiger partial charge on any atom is 0.339 e. The highest BCUT2D eigenvalue weighted by atomic mass is 35.5. The van der Waals surface area contributed by atoms with Crippen LogP contribution >= 0.6 is 35.0 Å². The second-order valence-electron chi connectivity index (χ2n) is 6.60. The summed E-state index contributed by atoms with van der Waals surface area (Å²) in [6.07, 6.45) is 0. The number of esters is 1. The molecular formula is C19H17Cl2N5O2S. The highest BCUT2D eigenvalue weighted by molar-refractivity contribution is 8.00. The van der Waals surface area contributed by atoms with Crippen molar-refractivity contribution in [3.8, 4) is 11.4 Å². The molecule has 1 aliphatic heterocycles. The summed E-state index contributed by atoms with van der Waals surface area (Å²) in [6.45, 7) is 5.74. The summed E-state index contributed by atoms with van der Waals surface area (Å²) in [5.41, 5.74) is 4.25. The number of carbonyl (C=O) groups excluding carboxylic acids is 1. The number of carbonyl (C=O) groups is 1. The minimum atomic E-state index is -0.379. The van der Waals surface area contributed by atoms with Crippen LogP contribution in [-0.2, 0) is 4.74 Å². The third-order valence-electron chi connectivity index (χ3n) is 4.74. The summed E-state index contributed by atoms with van der Waals surface area (Å²) in [5.74, 6) is 0.120. The molecule has 3 heterocycles. The van der Waals surface area contributed by atoms with Gasteiger partial charge in [0.25, 0.3) is 0 Å². The van der Waals surface area contributed by atoms with E-state index in [1.807, 2.05) is 20.8 Å². The van der Waals surface area contributed by atoms with Crippen molar-refractivity contribution < 1.29 is 9.53 Å². The molecular weight excluding hydrogens is 433 g/mol. The first-order valence-corrected chi connectivity index (χ1v) is 10.4. The molecule has 1 N–H and O–H groups in total. The van der Waals surface area contributed by atoms with Gasteiger partial charge in [-0.15, -0.1) is 10.2 Å². The van der Waals surface area contributed by atoms with Crippen molar-refractivity contribution in [3.63, 3.8) is 0 Å². The van der Waals surface area contributed by atoms with Crippen LogP contribution in [0.2, 0.25) is 10.0 Å². The van der Waals surface area contributed by atoms with Crippen LogP contribution in [0.5, 0.6) is 0 Å². The van der Waals surface area contributed by atoms with Crippen LogP contribution in [0.25, 0.3) is 11.4 Å². The van der Waals surface area contributed by atoms with Gasteiger partial charge in [0.05, 0.1) is 34.4 Å². The van der Waals surface area contributed by atoms with Crippen LogP contribution in [0.4, 0.5) is 0 Å². The second-order valence-corrected chi connectivity index (χ2v) is 8.76. The van der Waals surface area contributed by atoms with Gasteiger partial charge in [-0.3, -0.25) is 0 Å². The third kappa shape index (κ3) is 3.35. The number of hydrogen-bond acceptors (Lipinski definition) is 6. The largest absolute Gasteiger partial charge is 0.465 e. The predicted octanol–water partition coefficient (Wildman–Crippen LogP) is 4.73. The number of aromatic nitrogens is 4. The average Bonchev–Trinajstić information content (AvgIpc) is 3.22. The van der Waals surface area contributed by atoms with E-state index >= 15 is 0 Å². The van der Waals surface area contributed by atoms with Crippen LogP contribution in [0, 0.1) is 13.8 Å². The number of aryl methyl sites for hydroxylation is 1. The number of ether oxygens (including phenoxy) is 1. The Labute approximate surface area is 181 Å². The van der Waals surface area contributed by atoms with E-state index < -0.39 is 0 Å². The lowest BCUT2D eigenvalue weighted by Gasteiger charge is -2.20. The number of halogens is 2. The number of nitrogens with one attached hydrogen (secondary N) is 1. The van der Waals surface area contributed by atoms with Crippen molar-refractivity contribution in [2.24, 2.45) is 5.10 Å². The van der Waals surface area contributed by atoms with E-state index in [1.54, 1.807) is 22.9 Å². The molecule has 150 valence electrons. The number of fused-ring (bicyclic) bond motifs is 1. The Morgan fingerprint density at radius 2 is 2.03 bits per heavy atom. The second kappa shape index (κ2) is 7.51. The van der Waals surface area contributed by atoms with E-state index in [9.17, 15) is 4.79 Å². The standard InChI is InChI=1S/C19H17Cl2N5O2S/c1-8-14(18(27)28-4)9(2)22-15(8)16-10(3)29-19-24-23-17(26(19)25-16)12-7-11(20)5-6-13(12)21/h5-7,10,22H,1-4H3/t10-/m1/s1. The van der Waals surface area contributed by atoms with Gasteiger partial charge in [-0.1, -0.05) is 35.0 Å². The van der Waals surface area contributed by atoms with Crippen LogP contribution in [0.1, 0.15) is 34.2 Å². The van der Waals surface area contributed by atoms with Gasteiger partial charge in [0.2, 0.25) is 5.16 Å². The van der Waals surface area contributed by atoms with E-state index in [1.165, 1.54) is 18.9 Å². The lowest BCUT2D eigenvalue weighted by Crippen LogP contribution is -2.23. The number of benzene rings is 1. The normalized spacial score (nSPS) is 15.8. The minimum Gasteiger partial charge on any atom is -0.465 e. The van der Waals surface area contributed by atoms with Crippen LogP contribution in [0.3, 0.4) is 0 Å². The molecule has 0 aliphatic carbocycles. The van der Waals surface area contributed by atoms with Gasteiger partial charge in [0.1, 0.15) is 0 Å². The Hall–Kier alpha value is -2.29. The third-order valence-corrected chi connectivity index (χ3v) is 6.35. The topological polar surface area (TPSA) is 85.2 Å². The molecule has 3 aromatic rings. The molecule has 4 rings (SSSR count). The van der Waals surface area contributed by atoms with Crippen molar-refractivity contribution in [1.29, 1.82) is 0 Å². The van der Waals surface area contributed by atoms with Crippen LogP contribution in [-0.4, -0.2) is 43.9 Å². The van der Waals surface area contributed by atoms with Gasteiger partial charge in [-0.2, -0.15) is 9.78 Å². The van der Waals surface area contributed by atoms with Crippen molar-refractivity contribution in [2.75, 3.05) is 7.11 Å². The van der Waals surface area contributed by atoms with Crippen LogP contribution in [0.15, 0.2) is 28.5 Å². The Morgan fingerprint density at radius 3 is 2.76 bits per heavy atom. The van der Waals surface area contributed by atoms with Gasteiger partial charge in [-0.25, -0.2) is 4.79 Å². The summed E-state index contributed by atoms with van der Waals surface area (Å²) >= 11 is 14.0. The molecule has 29 heavy (non-hydrogen) atoms. The average molecular weight is 450 g/mol. The predicted molar refractivity (Wildman–Crippen MR) is 114 cm³/mol. The first kappa shape index (κ1) is 20.0. The summed E-state index contributed by atoms with van der Waals surface area (Å²) < 4.78 is 6.57. The summed E-state index contributed by atoms with van der Waals surface area (Å²) in [4.78, 5) is 15.4. The first-order valence-electron chi connectivity index (χ1n) is 8.76. The molecule has 10 heteroatoms. The van der Waals surface area contributed by atoms with E-state index in [2.05, 4.69) is 15.2 Å².